The molecule has 3 aromatic heterocycles. The number of aliphatic hydroxyl groups is 1. The quantitative estimate of drug-likeness (QED) is 0.550. The van der Waals surface area contributed by atoms with Gasteiger partial charge in [0.25, 0.3) is 0 Å². The average molecular weight is 393 g/mol. The number of anilines is 2. The summed E-state index contributed by atoms with van der Waals surface area (Å²) in [5.74, 6) is 1.85. The molecular formula is C19H19N7O3. The number of hydrogen-bond donors (Lipinski definition) is 3. The number of nitrogens with one attached hydrogen (secondary N) is 2. The fourth-order valence-electron chi connectivity index (χ4n) is 2.99. The maximum Gasteiger partial charge on any atom is 0.226 e. The van der Waals surface area contributed by atoms with Crippen molar-refractivity contribution in [1.82, 2.24) is 25.1 Å². The average Bonchev–Trinajstić information content (AvgIpc) is 3.19. The molecule has 1 aliphatic carbocycles. The van der Waals surface area contributed by atoms with E-state index in [1.807, 2.05) is 6.07 Å². The van der Waals surface area contributed by atoms with Crippen LogP contribution in [-0.2, 0) is 0 Å². The summed E-state index contributed by atoms with van der Waals surface area (Å²) in [5, 5.41) is 29.3. The first-order valence-corrected chi connectivity index (χ1v) is 9.03. The number of aromatic amines is 1. The number of hydrogen-bond acceptors (Lipinski definition) is 9. The molecule has 3 N–H and O–H groups in total. The van der Waals surface area contributed by atoms with Crippen molar-refractivity contribution in [3.63, 3.8) is 0 Å². The van der Waals surface area contributed by atoms with E-state index in [4.69, 9.17) is 14.7 Å². The highest BCUT2D eigenvalue weighted by atomic mass is 16.5. The fourth-order valence-corrected chi connectivity index (χ4v) is 2.99. The molecule has 1 saturated carbocycles. The third kappa shape index (κ3) is 3.95. The second kappa shape index (κ2) is 7.73. The Balaban J connectivity index is 1.57. The number of pyridine rings is 1. The number of nitrogens with zero attached hydrogens (tertiary/aromatic N) is 5. The van der Waals surface area contributed by atoms with Crippen molar-refractivity contribution < 1.29 is 14.6 Å². The van der Waals surface area contributed by atoms with Crippen molar-refractivity contribution in [2.45, 2.75) is 24.9 Å². The molecule has 3 heterocycles. The molecule has 3 aromatic rings. The van der Waals surface area contributed by atoms with E-state index in [0.717, 1.165) is 19.3 Å². The van der Waals surface area contributed by atoms with Gasteiger partial charge in [-0.3, -0.25) is 5.10 Å². The second-order valence-electron chi connectivity index (χ2n) is 6.75. The van der Waals surface area contributed by atoms with Crippen LogP contribution in [0.5, 0.6) is 11.6 Å². The zero-order valence-corrected chi connectivity index (χ0v) is 15.7. The van der Waals surface area contributed by atoms with E-state index >= 15 is 0 Å². The summed E-state index contributed by atoms with van der Waals surface area (Å²) >= 11 is 0. The first kappa shape index (κ1) is 18.6. The van der Waals surface area contributed by atoms with Gasteiger partial charge in [-0.25, -0.2) is 15.0 Å². The molecule has 10 nitrogen and oxygen atoms in total. The number of aromatic nitrogens is 5. The number of ether oxygens (including phenoxy) is 2. The van der Waals surface area contributed by atoms with Crippen molar-refractivity contribution in [2.24, 2.45) is 0 Å². The molecule has 0 aromatic carbocycles. The lowest BCUT2D eigenvalue weighted by molar-refractivity contribution is -0.0662. The molecule has 0 bridgehead atoms. The smallest absolute Gasteiger partial charge is 0.226 e. The SMILES string of the molecule is COc1nccc(OCC2(O)CCC2)c1-c1cc(Nc2cnc(C#N)cn2)n[nH]1. The van der Waals surface area contributed by atoms with Crippen molar-refractivity contribution in [2.75, 3.05) is 19.0 Å². The van der Waals surface area contributed by atoms with Crippen molar-refractivity contribution in [3.05, 3.63) is 36.4 Å². The Morgan fingerprint density at radius 2 is 2.14 bits per heavy atom. The molecule has 1 fully saturated rings. The van der Waals surface area contributed by atoms with Crippen LogP contribution in [0.4, 0.5) is 11.6 Å². The Bertz CT molecular complexity index is 1040. The van der Waals surface area contributed by atoms with E-state index in [-0.39, 0.29) is 12.3 Å². The molecule has 0 atom stereocenters. The van der Waals surface area contributed by atoms with Crippen molar-refractivity contribution >= 4 is 11.6 Å². The van der Waals surface area contributed by atoms with Crippen molar-refractivity contribution in [1.29, 1.82) is 5.26 Å². The maximum atomic E-state index is 10.3. The predicted molar refractivity (Wildman–Crippen MR) is 103 cm³/mol. The fraction of sp³-hybridized carbons (Fsp3) is 0.316. The topological polar surface area (TPSA) is 142 Å². The van der Waals surface area contributed by atoms with Crippen LogP contribution in [0.2, 0.25) is 0 Å². The summed E-state index contributed by atoms with van der Waals surface area (Å²) in [6.45, 7) is 0.202. The van der Waals surface area contributed by atoms with Gasteiger partial charge in [0.1, 0.15) is 29.8 Å². The van der Waals surface area contributed by atoms with Gasteiger partial charge in [0.15, 0.2) is 11.5 Å². The Hall–Kier alpha value is -3.71. The highest BCUT2D eigenvalue weighted by molar-refractivity contribution is 5.74. The Morgan fingerprint density at radius 3 is 2.79 bits per heavy atom. The van der Waals surface area contributed by atoms with E-state index in [0.29, 0.717) is 34.5 Å². The van der Waals surface area contributed by atoms with E-state index < -0.39 is 5.60 Å². The molecule has 0 amide bonds. The lowest BCUT2D eigenvalue weighted by atomic mass is 9.81. The largest absolute Gasteiger partial charge is 0.490 e. The van der Waals surface area contributed by atoms with E-state index in [1.165, 1.54) is 19.5 Å². The van der Waals surface area contributed by atoms with Crippen LogP contribution in [0.15, 0.2) is 30.7 Å². The highest BCUT2D eigenvalue weighted by Gasteiger charge is 2.35. The van der Waals surface area contributed by atoms with Gasteiger partial charge in [-0.15, -0.1) is 0 Å². The molecular weight excluding hydrogens is 374 g/mol. The van der Waals surface area contributed by atoms with Crippen LogP contribution < -0.4 is 14.8 Å². The number of methoxy groups -OCH3 is 1. The van der Waals surface area contributed by atoms with Gasteiger partial charge in [-0.05, 0) is 25.3 Å². The lowest BCUT2D eigenvalue weighted by Crippen LogP contribution is -2.42. The summed E-state index contributed by atoms with van der Waals surface area (Å²) in [4.78, 5) is 12.3. The van der Waals surface area contributed by atoms with Gasteiger partial charge in [-0.1, -0.05) is 0 Å². The Morgan fingerprint density at radius 1 is 1.28 bits per heavy atom. The molecule has 29 heavy (non-hydrogen) atoms. The number of H-pyrrole nitrogens is 1. The van der Waals surface area contributed by atoms with Gasteiger partial charge in [0.05, 0.1) is 30.8 Å². The molecule has 0 aliphatic heterocycles. The van der Waals surface area contributed by atoms with Crippen LogP contribution in [0.3, 0.4) is 0 Å². The molecule has 0 spiro atoms. The van der Waals surface area contributed by atoms with Crippen LogP contribution in [-0.4, -0.2) is 49.6 Å². The van der Waals surface area contributed by atoms with Crippen LogP contribution in [0, 0.1) is 11.3 Å². The molecule has 4 rings (SSSR count). The third-order valence-electron chi connectivity index (χ3n) is 4.72. The maximum absolute atomic E-state index is 10.3. The van der Waals surface area contributed by atoms with Crippen LogP contribution in [0.1, 0.15) is 25.0 Å². The van der Waals surface area contributed by atoms with Gasteiger partial charge < -0.3 is 19.9 Å². The summed E-state index contributed by atoms with van der Waals surface area (Å²) in [6, 6.07) is 5.39. The highest BCUT2D eigenvalue weighted by Crippen LogP contribution is 2.38. The molecule has 10 heteroatoms. The zero-order valence-electron chi connectivity index (χ0n) is 15.7. The summed E-state index contributed by atoms with van der Waals surface area (Å²) < 4.78 is 11.3. The second-order valence-corrected chi connectivity index (χ2v) is 6.75. The molecule has 148 valence electrons. The lowest BCUT2D eigenvalue weighted by Gasteiger charge is -2.36. The minimum atomic E-state index is -0.775. The first-order chi connectivity index (χ1) is 14.1. The minimum Gasteiger partial charge on any atom is -0.490 e. The molecule has 0 radical (unpaired) electrons. The summed E-state index contributed by atoms with van der Waals surface area (Å²) in [6.07, 6.45) is 6.87. The summed E-state index contributed by atoms with van der Waals surface area (Å²) in [5.41, 5.74) is 0.676. The minimum absolute atomic E-state index is 0.202. The Labute approximate surface area is 166 Å². The zero-order chi connectivity index (χ0) is 20.3. The van der Waals surface area contributed by atoms with Gasteiger partial charge in [0, 0.05) is 12.3 Å². The van der Waals surface area contributed by atoms with Gasteiger partial charge in [-0.2, -0.15) is 10.4 Å². The molecule has 0 saturated heterocycles. The van der Waals surface area contributed by atoms with E-state index in [1.54, 1.807) is 18.3 Å². The molecule has 1 aliphatic rings. The van der Waals surface area contributed by atoms with E-state index in [9.17, 15) is 5.11 Å². The first-order valence-electron chi connectivity index (χ1n) is 9.03. The van der Waals surface area contributed by atoms with Gasteiger partial charge >= 0.3 is 0 Å². The standard InChI is InChI=1S/C19H19N7O3/c1-28-18-17(14(3-6-21-18)29-11-19(27)4-2-5-19)13-7-15(26-25-13)24-16-10-22-12(8-20)9-23-16/h3,6-7,9-10,27H,2,4-5,11H2,1H3,(H2,23,24,25,26). The van der Waals surface area contributed by atoms with Crippen LogP contribution in [0.25, 0.3) is 11.3 Å². The monoisotopic (exact) mass is 393 g/mol. The predicted octanol–water partition coefficient (Wildman–Crippen LogP) is 2.18. The Kier molecular flexibility index (Phi) is 4.97. The van der Waals surface area contributed by atoms with Crippen molar-refractivity contribution in [3.8, 4) is 29.0 Å². The van der Waals surface area contributed by atoms with Gasteiger partial charge in [0.2, 0.25) is 5.88 Å². The third-order valence-corrected chi connectivity index (χ3v) is 4.72. The normalized spacial score (nSPS) is 14.5. The van der Waals surface area contributed by atoms with E-state index in [2.05, 4.69) is 30.5 Å². The number of nitriles is 1. The number of rotatable bonds is 7. The van der Waals surface area contributed by atoms with Crippen LogP contribution >= 0.6 is 0 Å². The molecule has 0 unspecified atom stereocenters. The summed E-state index contributed by atoms with van der Waals surface area (Å²) in [7, 11) is 1.52.